The highest BCUT2D eigenvalue weighted by Crippen LogP contribution is 2.18. The Morgan fingerprint density at radius 1 is 1.29 bits per heavy atom. The molecule has 1 aliphatic rings. The van der Waals surface area contributed by atoms with Crippen molar-refractivity contribution in [1.82, 2.24) is 4.90 Å². The summed E-state index contributed by atoms with van der Waals surface area (Å²) in [6.45, 7) is 5.64. The molecule has 17 heavy (non-hydrogen) atoms. The zero-order valence-corrected chi connectivity index (χ0v) is 11.1. The molecule has 0 amide bonds. The molecule has 0 aromatic rings. The zero-order chi connectivity index (χ0) is 12.5. The van der Waals surface area contributed by atoms with Crippen LogP contribution in [0.2, 0.25) is 0 Å². The molecule has 102 valence electrons. The lowest BCUT2D eigenvalue weighted by Gasteiger charge is -2.26. The molecular weight excluding hydrogens is 220 g/mol. The third kappa shape index (κ3) is 5.31. The average molecular weight is 246 g/mol. The first kappa shape index (κ1) is 14.9. The fraction of sp³-hybridized carbons (Fsp3) is 1.00. The second-order valence-electron chi connectivity index (χ2n) is 4.56. The molecule has 5 nitrogen and oxygen atoms in total. The van der Waals surface area contributed by atoms with E-state index in [0.717, 1.165) is 19.7 Å². The van der Waals surface area contributed by atoms with Gasteiger partial charge in [0.15, 0.2) is 0 Å². The molecule has 0 saturated carbocycles. The predicted molar refractivity (Wildman–Crippen MR) is 67.1 cm³/mol. The third-order valence-corrected chi connectivity index (χ3v) is 3.25. The van der Waals surface area contributed by atoms with Crippen molar-refractivity contribution in [2.75, 3.05) is 60.3 Å². The Balaban J connectivity index is 2.21. The van der Waals surface area contributed by atoms with Crippen LogP contribution >= 0.6 is 0 Å². The maximum Gasteiger partial charge on any atom is 0.0701 e. The Bertz CT molecular complexity index is 193. The van der Waals surface area contributed by atoms with E-state index in [1.807, 2.05) is 0 Å². The van der Waals surface area contributed by atoms with E-state index in [-0.39, 0.29) is 0 Å². The van der Waals surface area contributed by atoms with E-state index in [4.69, 9.17) is 19.9 Å². The van der Waals surface area contributed by atoms with Gasteiger partial charge in [0.25, 0.3) is 0 Å². The molecule has 0 radical (unpaired) electrons. The SMILES string of the molecule is COCCOCC(CN)N1CCC(COC)C1. The van der Waals surface area contributed by atoms with Crippen molar-refractivity contribution in [3.63, 3.8) is 0 Å². The zero-order valence-electron chi connectivity index (χ0n) is 11.1. The van der Waals surface area contributed by atoms with Gasteiger partial charge in [0, 0.05) is 33.4 Å². The van der Waals surface area contributed by atoms with Crippen LogP contribution in [-0.4, -0.2) is 71.2 Å². The standard InChI is InChI=1S/C12H26N2O3/c1-15-5-6-17-10-12(7-13)14-4-3-11(8-14)9-16-2/h11-12H,3-10,13H2,1-2H3. The summed E-state index contributed by atoms with van der Waals surface area (Å²) in [5, 5.41) is 0. The highest BCUT2D eigenvalue weighted by molar-refractivity contribution is 4.81. The minimum absolute atomic E-state index is 0.328. The van der Waals surface area contributed by atoms with Crippen LogP contribution in [0.15, 0.2) is 0 Å². The molecule has 0 bridgehead atoms. The fourth-order valence-electron chi connectivity index (χ4n) is 2.25. The molecule has 2 N–H and O–H groups in total. The minimum Gasteiger partial charge on any atom is -0.384 e. The third-order valence-electron chi connectivity index (χ3n) is 3.25. The highest BCUT2D eigenvalue weighted by Gasteiger charge is 2.27. The molecule has 1 rings (SSSR count). The van der Waals surface area contributed by atoms with Gasteiger partial charge in [-0.3, -0.25) is 4.90 Å². The number of nitrogens with zero attached hydrogens (tertiary/aromatic N) is 1. The van der Waals surface area contributed by atoms with E-state index < -0.39 is 0 Å². The minimum atomic E-state index is 0.328. The monoisotopic (exact) mass is 246 g/mol. The molecule has 0 aromatic heterocycles. The summed E-state index contributed by atoms with van der Waals surface area (Å²) in [4.78, 5) is 2.41. The van der Waals surface area contributed by atoms with Gasteiger partial charge in [-0.2, -0.15) is 0 Å². The number of nitrogens with two attached hydrogens (primary N) is 1. The number of likely N-dealkylation sites (tertiary alicyclic amines) is 1. The molecule has 0 aliphatic carbocycles. The van der Waals surface area contributed by atoms with Crippen molar-refractivity contribution < 1.29 is 14.2 Å². The van der Waals surface area contributed by atoms with Crippen LogP contribution in [0.5, 0.6) is 0 Å². The lowest BCUT2D eigenvalue weighted by atomic mass is 10.1. The first-order valence-corrected chi connectivity index (χ1v) is 6.31. The second-order valence-corrected chi connectivity index (χ2v) is 4.56. The van der Waals surface area contributed by atoms with Gasteiger partial charge in [-0.15, -0.1) is 0 Å². The van der Waals surface area contributed by atoms with E-state index in [1.54, 1.807) is 14.2 Å². The van der Waals surface area contributed by atoms with Gasteiger partial charge < -0.3 is 19.9 Å². The maximum atomic E-state index is 5.80. The summed E-state index contributed by atoms with van der Waals surface area (Å²) < 4.78 is 15.7. The maximum absolute atomic E-state index is 5.80. The Morgan fingerprint density at radius 3 is 2.76 bits per heavy atom. The smallest absolute Gasteiger partial charge is 0.0701 e. The first-order chi connectivity index (χ1) is 8.31. The molecule has 2 unspecified atom stereocenters. The van der Waals surface area contributed by atoms with Crippen molar-refractivity contribution in [1.29, 1.82) is 0 Å². The lowest BCUT2D eigenvalue weighted by molar-refractivity contribution is 0.0357. The molecular formula is C12H26N2O3. The highest BCUT2D eigenvalue weighted by atomic mass is 16.5. The Kier molecular flexibility index (Phi) is 7.72. The molecule has 0 spiro atoms. The van der Waals surface area contributed by atoms with Gasteiger partial charge in [-0.25, -0.2) is 0 Å². The van der Waals surface area contributed by atoms with Crippen molar-refractivity contribution in [2.45, 2.75) is 12.5 Å². The number of methoxy groups -OCH3 is 2. The van der Waals surface area contributed by atoms with Crippen LogP contribution in [0.4, 0.5) is 0 Å². The molecule has 1 heterocycles. The van der Waals surface area contributed by atoms with Gasteiger partial charge in [-0.05, 0) is 18.9 Å². The summed E-state index contributed by atoms with van der Waals surface area (Å²) in [5.74, 6) is 0.646. The predicted octanol–water partition coefficient (Wildman–Crippen LogP) is -0.0550. The van der Waals surface area contributed by atoms with E-state index in [0.29, 0.717) is 38.3 Å². The summed E-state index contributed by atoms with van der Waals surface area (Å²) in [6.07, 6.45) is 1.20. The van der Waals surface area contributed by atoms with Crippen LogP contribution in [-0.2, 0) is 14.2 Å². The van der Waals surface area contributed by atoms with Gasteiger partial charge in [-0.1, -0.05) is 0 Å². The van der Waals surface area contributed by atoms with Crippen LogP contribution in [0.25, 0.3) is 0 Å². The summed E-state index contributed by atoms with van der Waals surface area (Å²) >= 11 is 0. The second kappa shape index (κ2) is 8.83. The van der Waals surface area contributed by atoms with Gasteiger partial charge >= 0.3 is 0 Å². The normalized spacial score (nSPS) is 23.1. The molecule has 2 atom stereocenters. The molecule has 1 aliphatic heterocycles. The number of ether oxygens (including phenoxy) is 3. The van der Waals surface area contributed by atoms with Crippen molar-refractivity contribution >= 4 is 0 Å². The Morgan fingerprint density at radius 2 is 2.12 bits per heavy atom. The van der Waals surface area contributed by atoms with Crippen molar-refractivity contribution in [3.05, 3.63) is 0 Å². The number of hydrogen-bond acceptors (Lipinski definition) is 5. The van der Waals surface area contributed by atoms with Crippen LogP contribution in [0, 0.1) is 5.92 Å². The van der Waals surface area contributed by atoms with Crippen molar-refractivity contribution in [2.24, 2.45) is 11.7 Å². The van der Waals surface area contributed by atoms with Crippen molar-refractivity contribution in [3.8, 4) is 0 Å². The Hall–Kier alpha value is -0.200. The first-order valence-electron chi connectivity index (χ1n) is 6.31. The quantitative estimate of drug-likeness (QED) is 0.578. The van der Waals surface area contributed by atoms with Crippen LogP contribution in [0.1, 0.15) is 6.42 Å². The average Bonchev–Trinajstić information content (AvgIpc) is 2.78. The molecule has 1 fully saturated rings. The topological polar surface area (TPSA) is 57.0 Å². The molecule has 1 saturated heterocycles. The van der Waals surface area contributed by atoms with E-state index in [9.17, 15) is 0 Å². The molecule has 5 heteroatoms. The van der Waals surface area contributed by atoms with Gasteiger partial charge in [0.1, 0.15) is 0 Å². The van der Waals surface area contributed by atoms with E-state index >= 15 is 0 Å². The largest absolute Gasteiger partial charge is 0.384 e. The fourth-order valence-corrected chi connectivity index (χ4v) is 2.25. The summed E-state index contributed by atoms with van der Waals surface area (Å²) in [6, 6.07) is 0.328. The summed E-state index contributed by atoms with van der Waals surface area (Å²) in [7, 11) is 3.44. The van der Waals surface area contributed by atoms with E-state index in [1.165, 1.54) is 6.42 Å². The Labute approximate surface area is 104 Å². The van der Waals surface area contributed by atoms with Crippen LogP contribution < -0.4 is 5.73 Å². The lowest BCUT2D eigenvalue weighted by Crippen LogP contribution is -2.42. The number of rotatable bonds is 9. The summed E-state index contributed by atoms with van der Waals surface area (Å²) in [5.41, 5.74) is 5.80. The molecule has 0 aromatic carbocycles. The van der Waals surface area contributed by atoms with Gasteiger partial charge in [0.2, 0.25) is 0 Å². The van der Waals surface area contributed by atoms with Gasteiger partial charge in [0.05, 0.1) is 26.4 Å². The number of hydrogen-bond donors (Lipinski definition) is 1. The van der Waals surface area contributed by atoms with Crippen LogP contribution in [0.3, 0.4) is 0 Å². The van der Waals surface area contributed by atoms with E-state index in [2.05, 4.69) is 4.90 Å².